The number of fused-ring (bicyclic) bond motifs is 1. The SMILES string of the molecule is CCOc1ccccc1N(CC(=O)NCC(C)Cc1cccc2ccccc12)S(=O)(=O)c1ccccc1. The molecule has 192 valence electrons. The van der Waals surface area contributed by atoms with Gasteiger partial charge in [-0.15, -0.1) is 0 Å². The van der Waals surface area contributed by atoms with E-state index >= 15 is 0 Å². The molecule has 0 fully saturated rings. The average molecular weight is 517 g/mol. The van der Waals surface area contributed by atoms with E-state index in [2.05, 4.69) is 36.5 Å². The lowest BCUT2D eigenvalue weighted by atomic mass is 9.96. The zero-order valence-corrected chi connectivity index (χ0v) is 21.9. The molecule has 37 heavy (non-hydrogen) atoms. The van der Waals surface area contributed by atoms with Crippen LogP contribution in [0.15, 0.2) is 102 Å². The number of ether oxygens (including phenoxy) is 1. The Morgan fingerprint density at radius 1 is 0.892 bits per heavy atom. The van der Waals surface area contributed by atoms with Crippen molar-refractivity contribution in [2.75, 3.05) is 24.0 Å². The molecule has 0 saturated heterocycles. The van der Waals surface area contributed by atoms with E-state index in [-0.39, 0.29) is 23.3 Å². The minimum Gasteiger partial charge on any atom is -0.492 e. The summed E-state index contributed by atoms with van der Waals surface area (Å²) in [5.74, 6) is 0.182. The van der Waals surface area contributed by atoms with Gasteiger partial charge in [0, 0.05) is 6.54 Å². The van der Waals surface area contributed by atoms with Crippen molar-refractivity contribution in [1.29, 1.82) is 0 Å². The Labute approximate surface area is 218 Å². The summed E-state index contributed by atoms with van der Waals surface area (Å²) in [7, 11) is -4.01. The van der Waals surface area contributed by atoms with Crippen LogP contribution in [0, 0.1) is 5.92 Å². The number of carbonyl (C=O) groups excluding carboxylic acids is 1. The Morgan fingerprint density at radius 3 is 2.35 bits per heavy atom. The molecule has 0 aliphatic carbocycles. The molecule has 0 aliphatic rings. The second-order valence-electron chi connectivity index (χ2n) is 8.98. The first kappa shape index (κ1) is 26.2. The molecule has 0 aliphatic heterocycles. The van der Waals surface area contributed by atoms with Crippen molar-refractivity contribution >= 4 is 32.4 Å². The summed E-state index contributed by atoms with van der Waals surface area (Å²) >= 11 is 0. The molecule has 4 aromatic rings. The summed E-state index contributed by atoms with van der Waals surface area (Å²) in [4.78, 5) is 13.2. The summed E-state index contributed by atoms with van der Waals surface area (Å²) in [6.45, 7) is 4.34. The number of para-hydroxylation sites is 2. The highest BCUT2D eigenvalue weighted by Gasteiger charge is 2.29. The molecule has 0 heterocycles. The molecule has 1 unspecified atom stereocenters. The molecule has 4 rings (SSSR count). The normalized spacial score (nSPS) is 12.2. The van der Waals surface area contributed by atoms with Gasteiger partial charge in [0.1, 0.15) is 12.3 Å². The van der Waals surface area contributed by atoms with Crippen molar-refractivity contribution in [2.24, 2.45) is 5.92 Å². The lowest BCUT2D eigenvalue weighted by molar-refractivity contribution is -0.119. The van der Waals surface area contributed by atoms with Crippen molar-refractivity contribution in [3.63, 3.8) is 0 Å². The average Bonchev–Trinajstić information content (AvgIpc) is 2.92. The molecular weight excluding hydrogens is 484 g/mol. The van der Waals surface area contributed by atoms with Gasteiger partial charge in [0.25, 0.3) is 10.0 Å². The standard InChI is InChI=1S/C30H32N2O4S/c1-3-36-29-19-10-9-18-28(29)32(37(34,35)26-15-5-4-6-16-26)22-30(33)31-21-23(2)20-25-14-11-13-24-12-7-8-17-27(24)25/h4-19,23H,3,20-22H2,1-2H3,(H,31,33). The number of hydrogen-bond acceptors (Lipinski definition) is 4. The van der Waals surface area contributed by atoms with Gasteiger partial charge in [-0.2, -0.15) is 0 Å². The van der Waals surface area contributed by atoms with Crippen LogP contribution in [0.1, 0.15) is 19.4 Å². The Hall–Kier alpha value is -3.84. The number of sulfonamides is 1. The van der Waals surface area contributed by atoms with Crippen LogP contribution >= 0.6 is 0 Å². The van der Waals surface area contributed by atoms with Crippen molar-refractivity contribution in [1.82, 2.24) is 5.32 Å². The molecule has 0 aromatic heterocycles. The maximum atomic E-state index is 13.6. The van der Waals surface area contributed by atoms with Gasteiger partial charge in [0.15, 0.2) is 0 Å². The van der Waals surface area contributed by atoms with Gasteiger partial charge in [-0.3, -0.25) is 9.10 Å². The number of nitrogens with zero attached hydrogens (tertiary/aromatic N) is 1. The highest BCUT2D eigenvalue weighted by Crippen LogP contribution is 2.32. The number of nitrogens with one attached hydrogen (secondary N) is 1. The molecule has 0 saturated carbocycles. The van der Waals surface area contributed by atoms with E-state index in [1.807, 2.05) is 25.1 Å². The van der Waals surface area contributed by atoms with Crippen LogP contribution in [-0.2, 0) is 21.2 Å². The first-order chi connectivity index (χ1) is 17.9. The molecule has 1 atom stereocenters. The van der Waals surface area contributed by atoms with Gasteiger partial charge in [0.2, 0.25) is 5.91 Å². The zero-order chi connectivity index (χ0) is 26.3. The van der Waals surface area contributed by atoms with E-state index in [0.29, 0.717) is 24.6 Å². The second kappa shape index (κ2) is 11.9. The number of benzene rings is 4. The van der Waals surface area contributed by atoms with Gasteiger partial charge < -0.3 is 10.1 Å². The first-order valence-corrected chi connectivity index (χ1v) is 13.9. The molecule has 1 amide bonds. The molecular formula is C30H32N2O4S. The smallest absolute Gasteiger partial charge is 0.264 e. The lowest BCUT2D eigenvalue weighted by Crippen LogP contribution is -2.42. The number of rotatable bonds is 11. The van der Waals surface area contributed by atoms with Crippen LogP contribution in [0.4, 0.5) is 5.69 Å². The fourth-order valence-corrected chi connectivity index (χ4v) is 5.81. The van der Waals surface area contributed by atoms with Crippen LogP contribution in [0.3, 0.4) is 0 Å². The van der Waals surface area contributed by atoms with Crippen LogP contribution in [0.25, 0.3) is 10.8 Å². The molecule has 1 N–H and O–H groups in total. The fraction of sp³-hybridized carbons (Fsp3) is 0.233. The zero-order valence-electron chi connectivity index (χ0n) is 21.1. The molecule has 7 heteroatoms. The third-order valence-corrected chi connectivity index (χ3v) is 7.92. The summed E-state index contributed by atoms with van der Waals surface area (Å²) in [5, 5.41) is 5.33. The van der Waals surface area contributed by atoms with Gasteiger partial charge in [0.05, 0.1) is 17.2 Å². The highest BCUT2D eigenvalue weighted by atomic mass is 32.2. The summed E-state index contributed by atoms with van der Waals surface area (Å²) in [5.41, 5.74) is 1.55. The monoisotopic (exact) mass is 516 g/mol. The summed E-state index contributed by atoms with van der Waals surface area (Å²) in [6, 6.07) is 29.5. The lowest BCUT2D eigenvalue weighted by Gasteiger charge is -2.26. The molecule has 0 radical (unpaired) electrons. The van der Waals surface area contributed by atoms with Gasteiger partial charge in [-0.05, 0) is 59.9 Å². The maximum Gasteiger partial charge on any atom is 0.264 e. The maximum absolute atomic E-state index is 13.6. The van der Waals surface area contributed by atoms with Crippen molar-refractivity contribution < 1.29 is 17.9 Å². The molecule has 4 aromatic carbocycles. The predicted octanol–water partition coefficient (Wildman–Crippen LogP) is 5.43. The van der Waals surface area contributed by atoms with E-state index in [1.165, 1.54) is 28.5 Å². The van der Waals surface area contributed by atoms with E-state index in [0.717, 1.165) is 10.7 Å². The van der Waals surface area contributed by atoms with E-state index in [1.54, 1.807) is 42.5 Å². The predicted molar refractivity (Wildman–Crippen MR) is 148 cm³/mol. The third kappa shape index (κ3) is 6.30. The Morgan fingerprint density at radius 2 is 1.57 bits per heavy atom. The van der Waals surface area contributed by atoms with E-state index in [4.69, 9.17) is 4.74 Å². The van der Waals surface area contributed by atoms with Crippen molar-refractivity contribution in [3.05, 3.63) is 103 Å². The van der Waals surface area contributed by atoms with Gasteiger partial charge in [-0.1, -0.05) is 79.7 Å². The van der Waals surface area contributed by atoms with E-state index in [9.17, 15) is 13.2 Å². The molecule has 6 nitrogen and oxygen atoms in total. The number of amides is 1. The Bertz CT molecular complexity index is 1450. The Kier molecular flexibility index (Phi) is 8.46. The summed E-state index contributed by atoms with van der Waals surface area (Å²) in [6.07, 6.45) is 0.792. The number of hydrogen-bond donors (Lipinski definition) is 1. The quantitative estimate of drug-likeness (QED) is 0.289. The number of anilines is 1. The van der Waals surface area contributed by atoms with Gasteiger partial charge >= 0.3 is 0 Å². The molecule has 0 spiro atoms. The topological polar surface area (TPSA) is 75.7 Å². The Balaban J connectivity index is 1.51. The highest BCUT2D eigenvalue weighted by molar-refractivity contribution is 7.92. The largest absolute Gasteiger partial charge is 0.492 e. The first-order valence-electron chi connectivity index (χ1n) is 12.4. The van der Waals surface area contributed by atoms with Crippen LogP contribution in [0.2, 0.25) is 0 Å². The van der Waals surface area contributed by atoms with Crippen LogP contribution in [-0.4, -0.2) is 34.0 Å². The minimum atomic E-state index is -4.01. The van der Waals surface area contributed by atoms with Crippen LogP contribution < -0.4 is 14.4 Å². The third-order valence-electron chi connectivity index (χ3n) is 6.15. The van der Waals surface area contributed by atoms with Crippen molar-refractivity contribution in [2.45, 2.75) is 25.2 Å². The minimum absolute atomic E-state index is 0.110. The van der Waals surface area contributed by atoms with Crippen molar-refractivity contribution in [3.8, 4) is 5.75 Å². The molecule has 0 bridgehead atoms. The van der Waals surface area contributed by atoms with Gasteiger partial charge in [-0.25, -0.2) is 8.42 Å². The fourth-order valence-electron chi connectivity index (χ4n) is 4.35. The second-order valence-corrected chi connectivity index (χ2v) is 10.8. The van der Waals surface area contributed by atoms with Crippen LogP contribution in [0.5, 0.6) is 5.75 Å². The van der Waals surface area contributed by atoms with E-state index < -0.39 is 10.0 Å². The number of carbonyl (C=O) groups is 1. The summed E-state index contributed by atoms with van der Waals surface area (Å²) < 4.78 is 34.1.